The maximum Gasteiger partial charge on any atom is 0.0895 e. The van der Waals surface area contributed by atoms with Gasteiger partial charge in [-0.3, -0.25) is 4.90 Å². The van der Waals surface area contributed by atoms with Crippen LogP contribution in [0.25, 0.3) is 0 Å². The van der Waals surface area contributed by atoms with Crippen LogP contribution in [0.3, 0.4) is 0 Å². The van der Waals surface area contributed by atoms with Gasteiger partial charge in [0.1, 0.15) is 0 Å². The number of nitrogens with zero attached hydrogens (tertiary/aromatic N) is 3. The van der Waals surface area contributed by atoms with E-state index in [4.69, 9.17) is 11.6 Å². The third-order valence-electron chi connectivity index (χ3n) is 2.75. The molecule has 0 spiro atoms. The Labute approximate surface area is 93.2 Å². The van der Waals surface area contributed by atoms with Gasteiger partial charge < -0.3 is 0 Å². The normalized spacial score (nSPS) is 28.4. The molecular formula is C9H14ClN3S. The fraction of sp³-hybridized carbons (Fsp3) is 0.778. The molecule has 0 saturated carbocycles. The third kappa shape index (κ3) is 2.24. The van der Waals surface area contributed by atoms with E-state index in [1.165, 1.54) is 18.0 Å². The predicted octanol–water partition coefficient (Wildman–Crippen LogP) is 1.99. The Kier molecular flexibility index (Phi) is 3.04. The van der Waals surface area contributed by atoms with Crippen LogP contribution in [0.2, 0.25) is 0 Å². The van der Waals surface area contributed by atoms with Crippen molar-refractivity contribution in [2.24, 2.45) is 5.41 Å². The number of likely N-dealkylation sites (tertiary alicyclic amines) is 1. The molecule has 2 heterocycles. The van der Waals surface area contributed by atoms with Crippen LogP contribution in [0.5, 0.6) is 0 Å². The smallest absolute Gasteiger partial charge is 0.0895 e. The minimum Gasteiger partial charge on any atom is -0.297 e. The molecule has 0 N–H and O–H groups in total. The minimum atomic E-state index is 0.297. The summed E-state index contributed by atoms with van der Waals surface area (Å²) < 4.78 is 3.86. The zero-order chi connectivity index (χ0) is 10.0. The second kappa shape index (κ2) is 4.13. The summed E-state index contributed by atoms with van der Waals surface area (Å²) in [5, 5.41) is 6.06. The van der Waals surface area contributed by atoms with Crippen LogP contribution in [0, 0.1) is 5.41 Å². The SMILES string of the molecule is CC1(CCl)CCN(Cc2csnn2)C1. The standard InChI is InChI=1S/C9H14ClN3S/c1-9(6-10)2-3-13(7-9)4-8-5-14-12-11-8/h5H,2-4,6-7H2,1H3. The van der Waals surface area contributed by atoms with E-state index < -0.39 is 0 Å². The number of rotatable bonds is 3. The number of halogens is 1. The van der Waals surface area contributed by atoms with Crippen molar-refractivity contribution >= 4 is 23.1 Å². The molecule has 1 aromatic rings. The van der Waals surface area contributed by atoms with Crippen molar-refractivity contribution in [3.05, 3.63) is 11.1 Å². The molecule has 1 saturated heterocycles. The Morgan fingerprint density at radius 1 is 1.71 bits per heavy atom. The van der Waals surface area contributed by atoms with E-state index in [1.54, 1.807) is 0 Å². The highest BCUT2D eigenvalue weighted by Gasteiger charge is 2.32. The lowest BCUT2D eigenvalue weighted by Gasteiger charge is -2.20. The molecule has 78 valence electrons. The van der Waals surface area contributed by atoms with E-state index in [0.717, 1.165) is 31.2 Å². The Morgan fingerprint density at radius 2 is 2.57 bits per heavy atom. The second-order valence-electron chi connectivity index (χ2n) is 4.30. The van der Waals surface area contributed by atoms with Gasteiger partial charge in [-0.15, -0.1) is 16.7 Å². The molecule has 1 atom stereocenters. The van der Waals surface area contributed by atoms with E-state index in [0.29, 0.717) is 5.41 Å². The van der Waals surface area contributed by atoms with Crippen molar-refractivity contribution in [1.82, 2.24) is 14.5 Å². The minimum absolute atomic E-state index is 0.297. The molecule has 2 rings (SSSR count). The molecule has 0 bridgehead atoms. The lowest BCUT2D eigenvalue weighted by molar-refractivity contribution is 0.283. The molecule has 1 aliphatic heterocycles. The Hall–Kier alpha value is -0.190. The molecule has 5 heteroatoms. The van der Waals surface area contributed by atoms with E-state index in [-0.39, 0.29) is 0 Å². The first-order valence-electron chi connectivity index (χ1n) is 4.76. The van der Waals surface area contributed by atoms with Crippen molar-refractivity contribution in [1.29, 1.82) is 0 Å². The molecule has 3 nitrogen and oxygen atoms in total. The largest absolute Gasteiger partial charge is 0.297 e. The van der Waals surface area contributed by atoms with Crippen LogP contribution in [0.15, 0.2) is 5.38 Å². The van der Waals surface area contributed by atoms with Gasteiger partial charge in [-0.25, -0.2) is 0 Å². The summed E-state index contributed by atoms with van der Waals surface area (Å²) in [4.78, 5) is 2.40. The lowest BCUT2D eigenvalue weighted by Crippen LogP contribution is -2.25. The average molecular weight is 232 g/mol. The summed E-state index contributed by atoms with van der Waals surface area (Å²) in [7, 11) is 0. The van der Waals surface area contributed by atoms with Gasteiger partial charge in [-0.05, 0) is 29.9 Å². The zero-order valence-electron chi connectivity index (χ0n) is 8.24. The quantitative estimate of drug-likeness (QED) is 0.746. The highest BCUT2D eigenvalue weighted by Crippen LogP contribution is 2.31. The van der Waals surface area contributed by atoms with Gasteiger partial charge in [0.05, 0.1) is 5.69 Å². The van der Waals surface area contributed by atoms with Crippen LogP contribution in [0.1, 0.15) is 19.0 Å². The van der Waals surface area contributed by atoms with Gasteiger partial charge in [0.25, 0.3) is 0 Å². The van der Waals surface area contributed by atoms with E-state index in [9.17, 15) is 0 Å². The van der Waals surface area contributed by atoms with Gasteiger partial charge in [-0.2, -0.15) is 0 Å². The molecule has 0 aromatic carbocycles. The molecule has 0 amide bonds. The number of aromatic nitrogens is 2. The summed E-state index contributed by atoms with van der Waals surface area (Å²) in [6, 6.07) is 0. The lowest BCUT2D eigenvalue weighted by atomic mass is 9.93. The fourth-order valence-corrected chi connectivity index (χ4v) is 2.51. The average Bonchev–Trinajstić information content (AvgIpc) is 2.78. The van der Waals surface area contributed by atoms with Crippen molar-refractivity contribution in [3.63, 3.8) is 0 Å². The highest BCUT2D eigenvalue weighted by atomic mass is 35.5. The number of hydrogen-bond donors (Lipinski definition) is 0. The van der Waals surface area contributed by atoms with E-state index >= 15 is 0 Å². The molecule has 1 aromatic heterocycles. The Morgan fingerprint density at radius 3 is 3.14 bits per heavy atom. The molecule has 14 heavy (non-hydrogen) atoms. The first-order valence-corrected chi connectivity index (χ1v) is 6.13. The molecular weight excluding hydrogens is 218 g/mol. The highest BCUT2D eigenvalue weighted by molar-refractivity contribution is 7.03. The second-order valence-corrected chi connectivity index (χ2v) is 5.18. The number of alkyl halides is 1. The number of hydrogen-bond acceptors (Lipinski definition) is 4. The summed E-state index contributed by atoms with van der Waals surface area (Å²) in [6.45, 7) is 5.37. The molecule has 0 aliphatic carbocycles. The summed E-state index contributed by atoms with van der Waals surface area (Å²) >= 11 is 7.36. The Bertz CT molecular complexity index is 290. The van der Waals surface area contributed by atoms with Gasteiger partial charge in [0.2, 0.25) is 0 Å². The van der Waals surface area contributed by atoms with Gasteiger partial charge in [0, 0.05) is 24.3 Å². The monoisotopic (exact) mass is 231 g/mol. The maximum absolute atomic E-state index is 5.94. The molecule has 1 unspecified atom stereocenters. The first kappa shape index (κ1) is 10.3. The molecule has 0 radical (unpaired) electrons. The summed E-state index contributed by atoms with van der Waals surface area (Å²) in [6.07, 6.45) is 1.19. The molecule has 1 aliphatic rings. The summed E-state index contributed by atoms with van der Waals surface area (Å²) in [5.74, 6) is 0.749. The summed E-state index contributed by atoms with van der Waals surface area (Å²) in [5.41, 5.74) is 1.37. The Balaban J connectivity index is 1.90. The van der Waals surface area contributed by atoms with Gasteiger partial charge in [0.15, 0.2) is 0 Å². The fourth-order valence-electron chi connectivity index (χ4n) is 1.85. The van der Waals surface area contributed by atoms with E-state index in [1.807, 2.05) is 5.38 Å². The first-order chi connectivity index (χ1) is 6.72. The van der Waals surface area contributed by atoms with Crippen molar-refractivity contribution in [3.8, 4) is 0 Å². The van der Waals surface area contributed by atoms with Gasteiger partial charge >= 0.3 is 0 Å². The maximum atomic E-state index is 5.94. The third-order valence-corrected chi connectivity index (χ3v) is 3.95. The predicted molar refractivity (Wildman–Crippen MR) is 58.6 cm³/mol. The van der Waals surface area contributed by atoms with Crippen LogP contribution in [0.4, 0.5) is 0 Å². The van der Waals surface area contributed by atoms with Crippen molar-refractivity contribution in [2.75, 3.05) is 19.0 Å². The van der Waals surface area contributed by atoms with Crippen molar-refractivity contribution in [2.45, 2.75) is 19.9 Å². The van der Waals surface area contributed by atoms with Crippen molar-refractivity contribution < 1.29 is 0 Å². The zero-order valence-corrected chi connectivity index (χ0v) is 9.81. The molecule has 1 fully saturated rings. The van der Waals surface area contributed by atoms with E-state index in [2.05, 4.69) is 21.4 Å². The topological polar surface area (TPSA) is 29.0 Å². The van der Waals surface area contributed by atoms with Gasteiger partial charge in [-0.1, -0.05) is 11.4 Å². The van der Waals surface area contributed by atoms with Crippen LogP contribution < -0.4 is 0 Å². The van der Waals surface area contributed by atoms with Crippen LogP contribution in [-0.4, -0.2) is 33.5 Å². The van der Waals surface area contributed by atoms with Crippen LogP contribution >= 0.6 is 23.1 Å². The van der Waals surface area contributed by atoms with Crippen LogP contribution in [-0.2, 0) is 6.54 Å².